The van der Waals surface area contributed by atoms with Crippen molar-refractivity contribution < 1.29 is 18.0 Å². The smallest absolute Gasteiger partial charge is 0.242 e. The lowest BCUT2D eigenvalue weighted by atomic mass is 10.1. The van der Waals surface area contributed by atoms with Gasteiger partial charge in [-0.2, -0.15) is 0 Å². The van der Waals surface area contributed by atoms with E-state index in [1.54, 1.807) is 36.1 Å². The quantitative estimate of drug-likeness (QED) is 0.486. The molecule has 0 heterocycles. The molecule has 2 amide bonds. The number of hydrogen-bond acceptors (Lipinski definition) is 4. The number of carbonyl (C=O) groups excluding carboxylic acids is 2. The number of anilines is 1. The third kappa shape index (κ3) is 8.37. The van der Waals surface area contributed by atoms with Crippen LogP contribution in [-0.2, 0) is 26.2 Å². The van der Waals surface area contributed by atoms with Crippen molar-refractivity contribution in [2.75, 3.05) is 23.7 Å². The van der Waals surface area contributed by atoms with E-state index >= 15 is 0 Å². The minimum absolute atomic E-state index is 0.102. The van der Waals surface area contributed by atoms with Crippen LogP contribution >= 0.6 is 11.6 Å². The van der Waals surface area contributed by atoms with Gasteiger partial charge in [0.25, 0.3) is 0 Å². The van der Waals surface area contributed by atoms with E-state index in [1.807, 2.05) is 37.3 Å². The van der Waals surface area contributed by atoms with Crippen molar-refractivity contribution in [1.29, 1.82) is 0 Å². The second-order valence-electron chi connectivity index (χ2n) is 7.89. The minimum Gasteiger partial charge on any atom is -0.354 e. The molecule has 1 atom stereocenters. The number of nitrogens with one attached hydrogen (secondary N) is 1. The number of nitrogens with zero attached hydrogens (tertiary/aromatic N) is 2. The molecule has 0 fully saturated rings. The molecule has 0 spiro atoms. The lowest BCUT2D eigenvalue weighted by Gasteiger charge is -2.29. The largest absolute Gasteiger partial charge is 0.354 e. The molecular formula is C24H32ClN3O4S. The summed E-state index contributed by atoms with van der Waals surface area (Å²) in [5.74, 6) is -0.421. The first kappa shape index (κ1) is 26.7. The number of hydrogen-bond donors (Lipinski definition) is 1. The number of halogens is 1. The molecule has 0 aromatic heterocycles. The summed E-state index contributed by atoms with van der Waals surface area (Å²) in [6, 6.07) is 15.4. The molecule has 0 aliphatic heterocycles. The third-order valence-electron chi connectivity index (χ3n) is 5.16. The van der Waals surface area contributed by atoms with E-state index in [2.05, 4.69) is 5.32 Å². The van der Waals surface area contributed by atoms with E-state index in [0.717, 1.165) is 18.2 Å². The number of sulfonamides is 1. The van der Waals surface area contributed by atoms with Crippen molar-refractivity contribution in [3.63, 3.8) is 0 Å². The molecule has 2 aromatic carbocycles. The maximum Gasteiger partial charge on any atom is 0.242 e. The summed E-state index contributed by atoms with van der Waals surface area (Å²) in [5.41, 5.74) is 1.36. The highest BCUT2D eigenvalue weighted by molar-refractivity contribution is 7.92. The standard InChI is InChI=1S/C24H32ClN3O4S/c1-4-15-26-24(30)19(2)27(18-20-10-6-5-7-11-20)23(29)14-9-16-28(33(3,31)32)22-13-8-12-21(25)17-22/h5-8,10-13,17,19H,4,9,14-16,18H2,1-3H3,(H,26,30)/t19-/m1/s1. The average Bonchev–Trinajstić information content (AvgIpc) is 2.77. The normalized spacial score (nSPS) is 12.1. The van der Waals surface area contributed by atoms with E-state index in [9.17, 15) is 18.0 Å². The van der Waals surface area contributed by atoms with Crippen LogP contribution < -0.4 is 9.62 Å². The summed E-state index contributed by atoms with van der Waals surface area (Å²) in [6.45, 7) is 4.64. The number of amides is 2. The van der Waals surface area contributed by atoms with Crippen LogP contribution in [0.4, 0.5) is 5.69 Å². The molecule has 9 heteroatoms. The molecular weight excluding hydrogens is 462 g/mol. The maximum absolute atomic E-state index is 13.1. The summed E-state index contributed by atoms with van der Waals surface area (Å²) in [4.78, 5) is 27.3. The molecule has 1 N–H and O–H groups in total. The molecule has 0 bridgehead atoms. The van der Waals surface area contributed by atoms with Crippen LogP contribution in [0.15, 0.2) is 54.6 Å². The van der Waals surface area contributed by atoms with E-state index in [4.69, 9.17) is 11.6 Å². The van der Waals surface area contributed by atoms with Gasteiger partial charge in [-0.3, -0.25) is 13.9 Å². The number of rotatable bonds is 12. The van der Waals surface area contributed by atoms with E-state index in [1.165, 1.54) is 4.31 Å². The fourth-order valence-electron chi connectivity index (χ4n) is 3.39. The zero-order chi connectivity index (χ0) is 24.4. The van der Waals surface area contributed by atoms with Gasteiger partial charge in [-0.05, 0) is 43.5 Å². The van der Waals surface area contributed by atoms with E-state index in [-0.39, 0.29) is 24.8 Å². The SMILES string of the molecule is CCCNC(=O)[C@@H](C)N(Cc1ccccc1)C(=O)CCCN(c1cccc(Cl)c1)S(C)(=O)=O. The van der Waals surface area contributed by atoms with Crippen molar-refractivity contribution in [2.45, 2.75) is 45.7 Å². The van der Waals surface area contributed by atoms with Crippen molar-refractivity contribution in [2.24, 2.45) is 0 Å². The summed E-state index contributed by atoms with van der Waals surface area (Å²) in [5, 5.41) is 3.27. The van der Waals surface area contributed by atoms with Gasteiger partial charge in [-0.15, -0.1) is 0 Å². The second kappa shape index (κ2) is 12.6. The molecule has 0 aliphatic rings. The fourth-order valence-corrected chi connectivity index (χ4v) is 4.54. The van der Waals surface area contributed by atoms with Crippen molar-refractivity contribution in [3.05, 3.63) is 65.2 Å². The lowest BCUT2D eigenvalue weighted by molar-refractivity contribution is -0.140. The summed E-state index contributed by atoms with van der Waals surface area (Å²) in [7, 11) is -3.56. The third-order valence-corrected chi connectivity index (χ3v) is 6.59. The average molecular weight is 494 g/mol. The Balaban J connectivity index is 2.12. The molecule has 0 saturated heterocycles. The minimum atomic E-state index is -3.56. The van der Waals surface area contributed by atoms with Crippen LogP contribution in [0.3, 0.4) is 0 Å². The highest BCUT2D eigenvalue weighted by Crippen LogP contribution is 2.22. The summed E-state index contributed by atoms with van der Waals surface area (Å²) >= 11 is 6.02. The Labute approximate surface area is 201 Å². The first-order valence-corrected chi connectivity index (χ1v) is 13.2. The summed E-state index contributed by atoms with van der Waals surface area (Å²) in [6.07, 6.45) is 2.32. The fraction of sp³-hybridized carbons (Fsp3) is 0.417. The van der Waals surface area contributed by atoms with Crippen LogP contribution in [0, 0.1) is 0 Å². The van der Waals surface area contributed by atoms with Crippen LogP contribution in [0.2, 0.25) is 5.02 Å². The number of benzene rings is 2. The van der Waals surface area contributed by atoms with Gasteiger partial charge < -0.3 is 10.2 Å². The van der Waals surface area contributed by atoms with Crippen LogP contribution in [-0.4, -0.2) is 50.5 Å². The van der Waals surface area contributed by atoms with Gasteiger partial charge in [0.15, 0.2) is 0 Å². The predicted octanol–water partition coefficient (Wildman–Crippen LogP) is 3.83. The Hall–Kier alpha value is -2.58. The van der Waals surface area contributed by atoms with Crippen molar-refractivity contribution >= 4 is 39.1 Å². The zero-order valence-corrected chi connectivity index (χ0v) is 20.9. The van der Waals surface area contributed by atoms with Crippen LogP contribution in [0.1, 0.15) is 38.7 Å². The highest BCUT2D eigenvalue weighted by Gasteiger charge is 2.26. The Morgan fingerprint density at radius 1 is 1.09 bits per heavy atom. The zero-order valence-electron chi connectivity index (χ0n) is 19.3. The lowest BCUT2D eigenvalue weighted by Crippen LogP contribution is -2.47. The van der Waals surface area contributed by atoms with Gasteiger partial charge in [0.2, 0.25) is 21.8 Å². The second-order valence-corrected chi connectivity index (χ2v) is 10.2. The van der Waals surface area contributed by atoms with Gasteiger partial charge >= 0.3 is 0 Å². The van der Waals surface area contributed by atoms with Gasteiger partial charge in [0.05, 0.1) is 11.9 Å². The number of carbonyl (C=O) groups is 2. The first-order chi connectivity index (χ1) is 15.6. The Kier molecular flexibility index (Phi) is 10.2. The highest BCUT2D eigenvalue weighted by atomic mass is 35.5. The van der Waals surface area contributed by atoms with Gasteiger partial charge in [0, 0.05) is 31.1 Å². The molecule has 7 nitrogen and oxygen atoms in total. The molecule has 0 saturated carbocycles. The van der Waals surface area contributed by atoms with Gasteiger partial charge in [-0.1, -0.05) is 54.9 Å². The molecule has 180 valence electrons. The Morgan fingerprint density at radius 3 is 2.39 bits per heavy atom. The Morgan fingerprint density at radius 2 is 1.79 bits per heavy atom. The van der Waals surface area contributed by atoms with Gasteiger partial charge in [0.1, 0.15) is 6.04 Å². The Bertz CT molecular complexity index is 1030. The summed E-state index contributed by atoms with van der Waals surface area (Å²) < 4.78 is 25.9. The van der Waals surface area contributed by atoms with Crippen molar-refractivity contribution in [1.82, 2.24) is 10.2 Å². The maximum atomic E-state index is 13.1. The predicted molar refractivity (Wildman–Crippen MR) is 133 cm³/mol. The van der Waals surface area contributed by atoms with E-state index < -0.39 is 16.1 Å². The monoisotopic (exact) mass is 493 g/mol. The van der Waals surface area contributed by atoms with Crippen LogP contribution in [0.25, 0.3) is 0 Å². The molecule has 0 unspecified atom stereocenters. The molecule has 2 aromatic rings. The first-order valence-electron chi connectivity index (χ1n) is 11.0. The molecule has 33 heavy (non-hydrogen) atoms. The molecule has 0 radical (unpaired) electrons. The van der Waals surface area contributed by atoms with Gasteiger partial charge in [-0.25, -0.2) is 8.42 Å². The van der Waals surface area contributed by atoms with Crippen LogP contribution in [0.5, 0.6) is 0 Å². The van der Waals surface area contributed by atoms with Crippen molar-refractivity contribution in [3.8, 4) is 0 Å². The topological polar surface area (TPSA) is 86.8 Å². The molecule has 0 aliphatic carbocycles. The van der Waals surface area contributed by atoms with E-state index in [0.29, 0.717) is 30.2 Å². The molecule has 2 rings (SSSR count).